The van der Waals surface area contributed by atoms with E-state index in [-0.39, 0.29) is 5.02 Å². The molecule has 0 aliphatic carbocycles. The van der Waals surface area contributed by atoms with Crippen molar-refractivity contribution in [1.82, 2.24) is 10.3 Å². The first-order valence-electron chi connectivity index (χ1n) is 6.44. The molecule has 0 bridgehead atoms. The van der Waals surface area contributed by atoms with Gasteiger partial charge in [0, 0.05) is 18.1 Å². The number of hydrogen-bond donors (Lipinski definition) is 2. The molecule has 2 N–H and O–H groups in total. The van der Waals surface area contributed by atoms with Crippen molar-refractivity contribution in [3.8, 4) is 0 Å². The van der Waals surface area contributed by atoms with Crippen LogP contribution < -0.4 is 10.6 Å². The maximum absolute atomic E-state index is 13.0. The number of halogens is 2. The van der Waals surface area contributed by atoms with Crippen LogP contribution >= 0.6 is 11.6 Å². The minimum atomic E-state index is -0.781. The summed E-state index contributed by atoms with van der Waals surface area (Å²) in [5, 5.41) is 5.00. The average molecular weight is 322 g/mol. The molecule has 5 nitrogen and oxygen atoms in total. The van der Waals surface area contributed by atoms with Gasteiger partial charge < -0.3 is 10.6 Å². The van der Waals surface area contributed by atoms with E-state index in [0.29, 0.717) is 11.3 Å². The quantitative estimate of drug-likeness (QED) is 0.909. The van der Waals surface area contributed by atoms with Gasteiger partial charge in [-0.15, -0.1) is 0 Å². The van der Waals surface area contributed by atoms with E-state index in [2.05, 4.69) is 15.6 Å². The van der Waals surface area contributed by atoms with Crippen molar-refractivity contribution in [3.05, 3.63) is 59.1 Å². The molecule has 1 aromatic heterocycles. The molecule has 0 spiro atoms. The topological polar surface area (TPSA) is 71.1 Å². The Morgan fingerprint density at radius 2 is 2.09 bits per heavy atom. The van der Waals surface area contributed by atoms with Crippen LogP contribution in [-0.4, -0.2) is 22.8 Å². The largest absolute Gasteiger partial charge is 0.340 e. The summed E-state index contributed by atoms with van der Waals surface area (Å²) in [6.07, 6.45) is 2.95. The monoisotopic (exact) mass is 321 g/mol. The zero-order chi connectivity index (χ0) is 16.1. The molecule has 1 heterocycles. The van der Waals surface area contributed by atoms with E-state index >= 15 is 0 Å². The third-order valence-corrected chi connectivity index (χ3v) is 3.14. The minimum Gasteiger partial charge on any atom is -0.340 e. The van der Waals surface area contributed by atoms with Crippen molar-refractivity contribution in [2.75, 3.05) is 5.32 Å². The lowest BCUT2D eigenvalue weighted by Gasteiger charge is -2.14. The fourth-order valence-electron chi connectivity index (χ4n) is 1.67. The molecule has 2 amide bonds. The van der Waals surface area contributed by atoms with Gasteiger partial charge in [-0.1, -0.05) is 11.6 Å². The number of carbonyl (C=O) groups is 2. The van der Waals surface area contributed by atoms with Gasteiger partial charge in [0.05, 0.1) is 10.6 Å². The van der Waals surface area contributed by atoms with E-state index in [0.717, 1.165) is 6.07 Å². The van der Waals surface area contributed by atoms with Gasteiger partial charge in [-0.05, 0) is 37.3 Å². The van der Waals surface area contributed by atoms with E-state index in [1.165, 1.54) is 25.3 Å². The summed E-state index contributed by atoms with van der Waals surface area (Å²) >= 11 is 5.64. The van der Waals surface area contributed by atoms with Crippen LogP contribution in [0.15, 0.2) is 42.7 Å². The molecule has 1 aromatic carbocycles. The zero-order valence-corrected chi connectivity index (χ0v) is 12.4. The molecule has 0 aliphatic heterocycles. The van der Waals surface area contributed by atoms with E-state index in [1.807, 2.05) is 0 Å². The van der Waals surface area contributed by atoms with Crippen molar-refractivity contribution >= 4 is 29.1 Å². The Balaban J connectivity index is 1.97. The number of nitrogens with zero attached hydrogens (tertiary/aromatic N) is 1. The van der Waals surface area contributed by atoms with Crippen molar-refractivity contribution in [1.29, 1.82) is 0 Å². The molecule has 0 saturated heterocycles. The predicted molar refractivity (Wildman–Crippen MR) is 81.2 cm³/mol. The van der Waals surface area contributed by atoms with Crippen LogP contribution in [0.1, 0.15) is 17.3 Å². The molecule has 2 rings (SSSR count). The second-order valence-corrected chi connectivity index (χ2v) is 4.96. The van der Waals surface area contributed by atoms with Gasteiger partial charge >= 0.3 is 0 Å². The van der Waals surface area contributed by atoms with Crippen LogP contribution in [0, 0.1) is 5.82 Å². The normalized spacial score (nSPS) is 11.6. The van der Waals surface area contributed by atoms with Gasteiger partial charge in [-0.25, -0.2) is 4.39 Å². The lowest BCUT2D eigenvalue weighted by molar-refractivity contribution is -0.117. The van der Waals surface area contributed by atoms with Crippen molar-refractivity contribution in [2.45, 2.75) is 13.0 Å². The fourth-order valence-corrected chi connectivity index (χ4v) is 1.85. The first-order valence-corrected chi connectivity index (χ1v) is 6.82. The molecular formula is C15H13ClFN3O2. The third-order valence-electron chi connectivity index (χ3n) is 2.85. The Morgan fingerprint density at radius 3 is 2.73 bits per heavy atom. The molecular weight excluding hydrogens is 309 g/mol. The average Bonchev–Trinajstić information content (AvgIpc) is 2.51. The highest BCUT2D eigenvalue weighted by Crippen LogP contribution is 2.19. The molecule has 1 atom stereocenters. The number of amides is 2. The van der Waals surface area contributed by atoms with Gasteiger partial charge in [0.15, 0.2) is 0 Å². The summed E-state index contributed by atoms with van der Waals surface area (Å²) < 4.78 is 13.0. The Morgan fingerprint density at radius 1 is 1.32 bits per heavy atom. The Labute approximate surface area is 131 Å². The number of anilines is 1. The summed E-state index contributed by atoms with van der Waals surface area (Å²) in [5.41, 5.74) is 0.700. The number of nitrogens with one attached hydrogen (secondary N) is 2. The van der Waals surface area contributed by atoms with Gasteiger partial charge in [-0.2, -0.15) is 0 Å². The molecule has 22 heavy (non-hydrogen) atoms. The number of pyridine rings is 1. The highest BCUT2D eigenvalue weighted by atomic mass is 35.5. The number of rotatable bonds is 4. The first kappa shape index (κ1) is 15.9. The van der Waals surface area contributed by atoms with Crippen molar-refractivity contribution in [2.24, 2.45) is 0 Å². The molecule has 2 aromatic rings. The van der Waals surface area contributed by atoms with Crippen LogP contribution in [0.3, 0.4) is 0 Å². The van der Waals surface area contributed by atoms with Crippen molar-refractivity contribution < 1.29 is 14.0 Å². The lowest BCUT2D eigenvalue weighted by Crippen LogP contribution is -2.41. The summed E-state index contributed by atoms with van der Waals surface area (Å²) in [6, 6.07) is 6.26. The first-order chi connectivity index (χ1) is 10.5. The van der Waals surface area contributed by atoms with E-state index in [1.54, 1.807) is 18.3 Å². The number of aromatic nitrogens is 1. The second kappa shape index (κ2) is 7.00. The smallest absolute Gasteiger partial charge is 0.253 e. The van der Waals surface area contributed by atoms with Gasteiger partial charge in [-0.3, -0.25) is 14.6 Å². The highest BCUT2D eigenvalue weighted by molar-refractivity contribution is 6.31. The maximum atomic E-state index is 13.0. The summed E-state index contributed by atoms with van der Waals surface area (Å²) in [4.78, 5) is 27.7. The van der Waals surface area contributed by atoms with E-state index in [4.69, 9.17) is 11.6 Å². The molecule has 0 unspecified atom stereocenters. The van der Waals surface area contributed by atoms with Crippen LogP contribution in [0.2, 0.25) is 5.02 Å². The Bertz CT molecular complexity index is 694. The second-order valence-electron chi connectivity index (χ2n) is 4.55. The minimum absolute atomic E-state index is 0.0927. The van der Waals surface area contributed by atoms with Gasteiger partial charge in [0.1, 0.15) is 11.9 Å². The van der Waals surface area contributed by atoms with Crippen LogP contribution in [0.4, 0.5) is 10.1 Å². The lowest BCUT2D eigenvalue weighted by atomic mass is 10.2. The maximum Gasteiger partial charge on any atom is 0.253 e. The molecule has 0 saturated carbocycles. The third kappa shape index (κ3) is 4.02. The summed E-state index contributed by atoms with van der Waals surface area (Å²) in [7, 11) is 0. The molecule has 7 heteroatoms. The SMILES string of the molecule is C[C@@H](NC(=O)c1cccnc1)C(=O)Nc1ccc(F)c(Cl)c1. The van der Waals surface area contributed by atoms with Crippen LogP contribution in [-0.2, 0) is 4.79 Å². The van der Waals surface area contributed by atoms with Crippen LogP contribution in [0.25, 0.3) is 0 Å². The van der Waals surface area contributed by atoms with Gasteiger partial charge in [0.25, 0.3) is 5.91 Å². The number of benzene rings is 1. The molecule has 0 aliphatic rings. The zero-order valence-electron chi connectivity index (χ0n) is 11.6. The van der Waals surface area contributed by atoms with Gasteiger partial charge in [0.2, 0.25) is 5.91 Å². The van der Waals surface area contributed by atoms with E-state index < -0.39 is 23.7 Å². The fraction of sp³-hybridized carbons (Fsp3) is 0.133. The summed E-state index contributed by atoms with van der Waals surface area (Å²) in [5.74, 6) is -1.43. The van der Waals surface area contributed by atoms with Crippen molar-refractivity contribution in [3.63, 3.8) is 0 Å². The molecule has 0 radical (unpaired) electrons. The van der Waals surface area contributed by atoms with Crippen LogP contribution in [0.5, 0.6) is 0 Å². The number of carbonyl (C=O) groups excluding carboxylic acids is 2. The molecule has 0 fully saturated rings. The standard InChI is InChI=1S/C15H13ClFN3O2/c1-9(19-15(22)10-3-2-6-18-8-10)14(21)20-11-4-5-13(17)12(16)7-11/h2-9H,1H3,(H,19,22)(H,20,21)/t9-/m1/s1. The Hall–Kier alpha value is -2.47. The summed E-state index contributed by atoms with van der Waals surface area (Å²) in [6.45, 7) is 1.54. The number of hydrogen-bond acceptors (Lipinski definition) is 3. The Kier molecular flexibility index (Phi) is 5.06. The molecule has 114 valence electrons. The highest BCUT2D eigenvalue weighted by Gasteiger charge is 2.17. The van der Waals surface area contributed by atoms with E-state index in [9.17, 15) is 14.0 Å². The predicted octanol–water partition coefficient (Wildman–Crippen LogP) is 2.63.